The lowest BCUT2D eigenvalue weighted by Gasteiger charge is -2.17. The molecule has 0 amide bonds. The van der Waals surface area contributed by atoms with E-state index < -0.39 is 0 Å². The molecule has 0 fully saturated rings. The fourth-order valence-electron chi connectivity index (χ4n) is 6.44. The SMILES string of the molecule is c1ccc(-c2nc(-c3ccccc3)nc(-c3cc4ccc(-c5ccc(-c6ccncc6)nc5)c5ccc6cccc3c6c45)n2)cc1. The second-order valence-corrected chi connectivity index (χ2v) is 11.4. The first-order valence-electron chi connectivity index (χ1n) is 15.2. The van der Waals surface area contributed by atoms with Gasteiger partial charge in [-0.2, -0.15) is 0 Å². The van der Waals surface area contributed by atoms with Crippen molar-refractivity contribution >= 4 is 32.3 Å². The highest BCUT2D eigenvalue weighted by Gasteiger charge is 2.19. The summed E-state index contributed by atoms with van der Waals surface area (Å²) in [6.07, 6.45) is 5.55. The van der Waals surface area contributed by atoms with Crippen LogP contribution in [-0.4, -0.2) is 24.9 Å². The van der Waals surface area contributed by atoms with Gasteiger partial charge in [0.25, 0.3) is 0 Å². The minimum absolute atomic E-state index is 0.652. The Labute approximate surface area is 265 Å². The summed E-state index contributed by atoms with van der Waals surface area (Å²) in [5, 5.41) is 7.06. The van der Waals surface area contributed by atoms with Gasteiger partial charge in [-0.25, -0.2) is 15.0 Å². The first kappa shape index (κ1) is 26.1. The predicted octanol–water partition coefficient (Wildman–Crippen LogP) is 9.89. The number of rotatable bonds is 5. The highest BCUT2D eigenvalue weighted by Crippen LogP contribution is 2.43. The van der Waals surface area contributed by atoms with Crippen LogP contribution in [0.15, 0.2) is 152 Å². The second-order valence-electron chi connectivity index (χ2n) is 11.4. The average Bonchev–Trinajstić information content (AvgIpc) is 3.14. The van der Waals surface area contributed by atoms with E-state index in [9.17, 15) is 0 Å². The van der Waals surface area contributed by atoms with Crippen molar-refractivity contribution < 1.29 is 0 Å². The van der Waals surface area contributed by atoms with E-state index in [-0.39, 0.29) is 0 Å². The van der Waals surface area contributed by atoms with E-state index in [2.05, 4.69) is 65.6 Å². The van der Waals surface area contributed by atoms with Gasteiger partial charge in [-0.3, -0.25) is 9.97 Å². The van der Waals surface area contributed by atoms with Crippen LogP contribution in [0.1, 0.15) is 0 Å². The van der Waals surface area contributed by atoms with Crippen molar-refractivity contribution in [3.05, 3.63) is 152 Å². The van der Waals surface area contributed by atoms with Crippen LogP contribution in [0.2, 0.25) is 0 Å². The molecule has 9 rings (SSSR count). The third-order valence-electron chi connectivity index (χ3n) is 8.63. The molecule has 6 aromatic carbocycles. The third kappa shape index (κ3) is 4.37. The van der Waals surface area contributed by atoms with E-state index in [1.54, 1.807) is 12.4 Å². The Morgan fingerprint density at radius 1 is 0.391 bits per heavy atom. The molecule has 0 bridgehead atoms. The summed E-state index contributed by atoms with van der Waals surface area (Å²) in [7, 11) is 0. The second kappa shape index (κ2) is 10.7. The maximum absolute atomic E-state index is 5.07. The molecule has 0 N–H and O–H groups in total. The fourth-order valence-corrected chi connectivity index (χ4v) is 6.44. The monoisotopic (exact) mass is 587 g/mol. The smallest absolute Gasteiger partial charge is 0.164 e. The van der Waals surface area contributed by atoms with Crippen molar-refractivity contribution in [1.82, 2.24) is 24.9 Å². The van der Waals surface area contributed by atoms with E-state index in [4.69, 9.17) is 19.9 Å². The van der Waals surface area contributed by atoms with Gasteiger partial charge in [0, 0.05) is 46.4 Å². The van der Waals surface area contributed by atoms with Crippen LogP contribution in [0, 0.1) is 0 Å². The van der Waals surface area contributed by atoms with Crippen LogP contribution in [0.25, 0.3) is 88.9 Å². The quantitative estimate of drug-likeness (QED) is 0.188. The summed E-state index contributed by atoms with van der Waals surface area (Å²) in [5.74, 6) is 1.96. The molecular weight excluding hydrogens is 562 g/mol. The lowest BCUT2D eigenvalue weighted by atomic mass is 9.88. The number of aromatic nitrogens is 5. The Balaban J connectivity index is 1.26. The third-order valence-corrected chi connectivity index (χ3v) is 8.63. The topological polar surface area (TPSA) is 64.5 Å². The van der Waals surface area contributed by atoms with E-state index >= 15 is 0 Å². The number of hydrogen-bond donors (Lipinski definition) is 0. The molecule has 0 unspecified atom stereocenters. The minimum atomic E-state index is 0.652. The molecule has 0 aliphatic rings. The molecule has 46 heavy (non-hydrogen) atoms. The van der Waals surface area contributed by atoms with E-state index in [1.165, 1.54) is 21.5 Å². The molecule has 3 heterocycles. The summed E-state index contributed by atoms with van der Waals surface area (Å²) in [6.45, 7) is 0. The van der Waals surface area contributed by atoms with E-state index in [0.717, 1.165) is 49.8 Å². The van der Waals surface area contributed by atoms with Crippen molar-refractivity contribution in [2.75, 3.05) is 0 Å². The fraction of sp³-hybridized carbons (Fsp3) is 0. The summed E-state index contributed by atoms with van der Waals surface area (Å²) in [6, 6.07) is 46.0. The number of hydrogen-bond acceptors (Lipinski definition) is 5. The number of nitrogens with zero attached hydrogens (tertiary/aromatic N) is 5. The van der Waals surface area contributed by atoms with Gasteiger partial charge in [-0.15, -0.1) is 0 Å². The molecule has 5 nitrogen and oxygen atoms in total. The highest BCUT2D eigenvalue weighted by molar-refractivity contribution is 6.28. The normalized spacial score (nSPS) is 11.5. The van der Waals surface area contributed by atoms with Crippen molar-refractivity contribution in [2.45, 2.75) is 0 Å². The Morgan fingerprint density at radius 3 is 1.74 bits per heavy atom. The Morgan fingerprint density at radius 2 is 1.04 bits per heavy atom. The zero-order valence-corrected chi connectivity index (χ0v) is 24.7. The molecule has 0 saturated heterocycles. The van der Waals surface area contributed by atoms with Crippen LogP contribution < -0.4 is 0 Å². The van der Waals surface area contributed by atoms with Gasteiger partial charge >= 0.3 is 0 Å². The minimum Gasteiger partial charge on any atom is -0.265 e. The van der Waals surface area contributed by atoms with Crippen LogP contribution in [0.4, 0.5) is 0 Å². The van der Waals surface area contributed by atoms with Gasteiger partial charge in [0.15, 0.2) is 17.5 Å². The first-order chi connectivity index (χ1) is 22.8. The van der Waals surface area contributed by atoms with Gasteiger partial charge in [0.1, 0.15) is 0 Å². The average molecular weight is 588 g/mol. The largest absolute Gasteiger partial charge is 0.265 e. The summed E-state index contributed by atoms with van der Waals surface area (Å²) in [4.78, 5) is 24.0. The van der Waals surface area contributed by atoms with Gasteiger partial charge in [-0.05, 0) is 62.1 Å². The molecule has 3 aromatic heterocycles. The highest BCUT2D eigenvalue weighted by atomic mass is 15.0. The van der Waals surface area contributed by atoms with Gasteiger partial charge in [0.05, 0.1) is 5.69 Å². The predicted molar refractivity (Wildman–Crippen MR) is 186 cm³/mol. The van der Waals surface area contributed by atoms with Crippen molar-refractivity contribution in [3.63, 3.8) is 0 Å². The summed E-state index contributed by atoms with van der Waals surface area (Å²) >= 11 is 0. The lowest BCUT2D eigenvalue weighted by molar-refractivity contribution is 1.08. The lowest BCUT2D eigenvalue weighted by Crippen LogP contribution is -2.01. The molecule has 5 heteroatoms. The van der Waals surface area contributed by atoms with Crippen LogP contribution in [-0.2, 0) is 0 Å². The maximum Gasteiger partial charge on any atom is 0.164 e. The molecule has 0 aliphatic carbocycles. The Kier molecular flexibility index (Phi) is 6.06. The molecule has 214 valence electrons. The Hall–Kier alpha value is -6.33. The molecule has 0 atom stereocenters. The summed E-state index contributed by atoms with van der Waals surface area (Å²) in [5.41, 5.74) is 7.09. The zero-order valence-electron chi connectivity index (χ0n) is 24.7. The molecule has 9 aromatic rings. The molecular formula is C41H25N5. The number of pyridine rings is 2. The standard InChI is InChI=1S/C41H25N5/c1-3-8-28(9-4-1)39-44-40(29-10-5-2-6-11-29)46-41(45-39)35-24-30-15-17-32(31-16-19-36(43-25-31)26-20-22-42-23-21-26)34-18-14-27-12-7-13-33(35)37(27)38(30)34/h1-25H. The van der Waals surface area contributed by atoms with Gasteiger partial charge in [0.2, 0.25) is 0 Å². The molecule has 0 aliphatic heterocycles. The molecule has 0 saturated carbocycles. The maximum atomic E-state index is 5.07. The zero-order chi connectivity index (χ0) is 30.5. The van der Waals surface area contributed by atoms with Gasteiger partial charge in [-0.1, -0.05) is 109 Å². The summed E-state index contributed by atoms with van der Waals surface area (Å²) < 4.78 is 0. The van der Waals surface area contributed by atoms with Crippen LogP contribution in [0.5, 0.6) is 0 Å². The first-order valence-corrected chi connectivity index (χ1v) is 15.2. The van der Waals surface area contributed by atoms with E-state index in [1.807, 2.05) is 79.0 Å². The Bertz CT molecular complexity index is 2440. The van der Waals surface area contributed by atoms with Crippen molar-refractivity contribution in [3.8, 4) is 56.5 Å². The van der Waals surface area contributed by atoms with E-state index in [0.29, 0.717) is 17.5 Å². The molecule has 0 radical (unpaired) electrons. The van der Waals surface area contributed by atoms with Crippen molar-refractivity contribution in [1.29, 1.82) is 0 Å². The van der Waals surface area contributed by atoms with Crippen LogP contribution >= 0.6 is 0 Å². The number of benzene rings is 6. The van der Waals surface area contributed by atoms with Crippen LogP contribution in [0.3, 0.4) is 0 Å². The van der Waals surface area contributed by atoms with Crippen molar-refractivity contribution in [2.24, 2.45) is 0 Å². The molecule has 0 spiro atoms. The van der Waals surface area contributed by atoms with Gasteiger partial charge < -0.3 is 0 Å².